The highest BCUT2D eigenvalue weighted by molar-refractivity contribution is 5.79. The van der Waals surface area contributed by atoms with E-state index in [-0.39, 0.29) is 0 Å². The molecule has 116 valence electrons. The smallest absolute Gasteiger partial charge is 0.330 e. The van der Waals surface area contributed by atoms with Crippen molar-refractivity contribution in [2.45, 2.75) is 25.8 Å². The summed E-state index contributed by atoms with van der Waals surface area (Å²) in [7, 11) is 1.60. The van der Waals surface area contributed by atoms with Crippen LogP contribution in [0.25, 0.3) is 0 Å². The first kappa shape index (κ1) is 15.9. The third-order valence-corrected chi connectivity index (χ3v) is 3.58. The second-order valence-corrected chi connectivity index (χ2v) is 5.47. The van der Waals surface area contributed by atoms with Crippen molar-refractivity contribution in [3.63, 3.8) is 0 Å². The van der Waals surface area contributed by atoms with Gasteiger partial charge in [0, 0.05) is 5.69 Å². The molecule has 0 fully saturated rings. The van der Waals surface area contributed by atoms with Crippen LogP contribution in [0.4, 0.5) is 5.69 Å². The van der Waals surface area contributed by atoms with E-state index < -0.39 is 12.0 Å². The molecular formula is C18H21NO3. The molecule has 4 nitrogen and oxygen atoms in total. The summed E-state index contributed by atoms with van der Waals surface area (Å²) >= 11 is 0. The molecule has 1 unspecified atom stereocenters. The summed E-state index contributed by atoms with van der Waals surface area (Å²) in [5.41, 5.74) is 2.66. The number of nitrogens with one attached hydrogen (secondary N) is 1. The van der Waals surface area contributed by atoms with Crippen LogP contribution in [0.5, 0.6) is 5.75 Å². The number of hydrogen-bond donors (Lipinski definition) is 2. The van der Waals surface area contributed by atoms with Crippen LogP contribution in [0.15, 0.2) is 48.5 Å². The number of carboxylic acids is 1. The molecule has 0 aliphatic heterocycles. The van der Waals surface area contributed by atoms with Crippen LogP contribution in [-0.2, 0) is 4.79 Å². The molecule has 0 aliphatic rings. The lowest BCUT2D eigenvalue weighted by molar-refractivity contribution is -0.138. The second kappa shape index (κ2) is 6.98. The van der Waals surface area contributed by atoms with Crippen LogP contribution in [0.1, 0.15) is 36.9 Å². The molecule has 0 heterocycles. The van der Waals surface area contributed by atoms with E-state index in [1.807, 2.05) is 24.3 Å². The standard InChI is InChI=1S/C18H21NO3/c1-12(2)13-4-6-14(7-5-13)17(18(20)21)19-15-8-10-16(22-3)11-9-15/h4-12,17,19H,1-3H3,(H,20,21). The van der Waals surface area contributed by atoms with Crippen molar-refractivity contribution in [2.24, 2.45) is 0 Å². The van der Waals surface area contributed by atoms with E-state index in [2.05, 4.69) is 19.2 Å². The van der Waals surface area contributed by atoms with Crippen LogP contribution in [-0.4, -0.2) is 18.2 Å². The molecule has 0 saturated carbocycles. The van der Waals surface area contributed by atoms with Gasteiger partial charge in [-0.15, -0.1) is 0 Å². The average molecular weight is 299 g/mol. The van der Waals surface area contributed by atoms with Gasteiger partial charge < -0.3 is 15.2 Å². The molecule has 0 spiro atoms. The Morgan fingerprint density at radius 3 is 2.00 bits per heavy atom. The molecule has 1 atom stereocenters. The highest BCUT2D eigenvalue weighted by Crippen LogP contribution is 2.24. The predicted octanol–water partition coefficient (Wildman–Crippen LogP) is 4.06. The summed E-state index contributed by atoms with van der Waals surface area (Å²) in [6.45, 7) is 4.22. The molecule has 0 amide bonds. The number of anilines is 1. The molecular weight excluding hydrogens is 278 g/mol. The monoisotopic (exact) mass is 299 g/mol. The van der Waals surface area contributed by atoms with Gasteiger partial charge in [0.1, 0.15) is 5.75 Å². The summed E-state index contributed by atoms with van der Waals surface area (Å²) in [4.78, 5) is 11.6. The minimum Gasteiger partial charge on any atom is -0.497 e. The number of hydrogen-bond acceptors (Lipinski definition) is 3. The van der Waals surface area contributed by atoms with Crippen LogP contribution in [0.2, 0.25) is 0 Å². The van der Waals surface area contributed by atoms with Gasteiger partial charge in [-0.2, -0.15) is 0 Å². The number of benzene rings is 2. The third kappa shape index (κ3) is 3.79. The van der Waals surface area contributed by atoms with Crippen LogP contribution >= 0.6 is 0 Å². The Labute approximate surface area is 130 Å². The highest BCUT2D eigenvalue weighted by atomic mass is 16.5. The maximum Gasteiger partial charge on any atom is 0.330 e. The highest BCUT2D eigenvalue weighted by Gasteiger charge is 2.19. The Hall–Kier alpha value is -2.49. The van der Waals surface area contributed by atoms with Gasteiger partial charge >= 0.3 is 5.97 Å². The lowest BCUT2D eigenvalue weighted by Crippen LogP contribution is -2.20. The molecule has 0 bridgehead atoms. The van der Waals surface area contributed by atoms with Gasteiger partial charge in [0.05, 0.1) is 7.11 Å². The van der Waals surface area contributed by atoms with Crippen molar-refractivity contribution in [3.05, 3.63) is 59.7 Å². The number of carboxylic acid groups (broad SMARTS) is 1. The Morgan fingerprint density at radius 2 is 1.55 bits per heavy atom. The van der Waals surface area contributed by atoms with Gasteiger partial charge in [-0.1, -0.05) is 38.1 Å². The largest absolute Gasteiger partial charge is 0.497 e. The van der Waals surface area contributed by atoms with Gasteiger partial charge in [0.15, 0.2) is 6.04 Å². The molecule has 2 aromatic carbocycles. The van der Waals surface area contributed by atoms with Gasteiger partial charge in [-0.25, -0.2) is 4.79 Å². The Kier molecular flexibility index (Phi) is 5.04. The van der Waals surface area contributed by atoms with E-state index in [9.17, 15) is 9.90 Å². The predicted molar refractivity (Wildman–Crippen MR) is 87.5 cm³/mol. The Morgan fingerprint density at radius 1 is 1.00 bits per heavy atom. The zero-order valence-electron chi connectivity index (χ0n) is 13.0. The summed E-state index contributed by atoms with van der Waals surface area (Å²) < 4.78 is 5.10. The fourth-order valence-corrected chi connectivity index (χ4v) is 2.21. The number of aliphatic carboxylic acids is 1. The number of methoxy groups -OCH3 is 1. The molecule has 4 heteroatoms. The second-order valence-electron chi connectivity index (χ2n) is 5.47. The maximum atomic E-state index is 11.6. The van der Waals surface area contributed by atoms with Crippen molar-refractivity contribution in [1.29, 1.82) is 0 Å². The molecule has 0 aromatic heterocycles. The SMILES string of the molecule is COc1ccc(NC(C(=O)O)c2ccc(C(C)C)cc2)cc1. The topological polar surface area (TPSA) is 58.6 Å². The van der Waals surface area contributed by atoms with Crippen LogP contribution < -0.4 is 10.1 Å². The molecule has 22 heavy (non-hydrogen) atoms. The van der Waals surface area contributed by atoms with E-state index in [1.54, 1.807) is 31.4 Å². The van der Waals surface area contributed by atoms with Gasteiger partial charge in [0.2, 0.25) is 0 Å². The fourth-order valence-electron chi connectivity index (χ4n) is 2.21. The Balaban J connectivity index is 2.20. The minimum atomic E-state index is -0.909. The molecule has 2 rings (SSSR count). The molecule has 2 N–H and O–H groups in total. The molecule has 0 saturated heterocycles. The van der Waals surface area contributed by atoms with Crippen molar-refractivity contribution in [2.75, 3.05) is 12.4 Å². The van der Waals surface area contributed by atoms with E-state index >= 15 is 0 Å². The van der Waals surface area contributed by atoms with Crippen molar-refractivity contribution >= 4 is 11.7 Å². The number of rotatable bonds is 6. The van der Waals surface area contributed by atoms with E-state index in [0.29, 0.717) is 5.92 Å². The first-order valence-corrected chi connectivity index (χ1v) is 7.24. The summed E-state index contributed by atoms with van der Waals surface area (Å²) in [5.74, 6) is 0.249. The van der Waals surface area contributed by atoms with Crippen LogP contribution in [0.3, 0.4) is 0 Å². The van der Waals surface area contributed by atoms with E-state index in [0.717, 1.165) is 17.0 Å². The Bertz CT molecular complexity index is 618. The molecule has 2 aromatic rings. The van der Waals surface area contributed by atoms with Crippen molar-refractivity contribution < 1.29 is 14.6 Å². The van der Waals surface area contributed by atoms with Crippen molar-refractivity contribution in [3.8, 4) is 5.75 Å². The normalized spacial score (nSPS) is 12.0. The fraction of sp³-hybridized carbons (Fsp3) is 0.278. The minimum absolute atomic E-state index is 0.423. The van der Waals surface area contributed by atoms with Gasteiger partial charge in [-0.3, -0.25) is 0 Å². The summed E-state index contributed by atoms with van der Waals surface area (Å²) in [6, 6.07) is 14.1. The van der Waals surface area contributed by atoms with Crippen LogP contribution in [0, 0.1) is 0 Å². The summed E-state index contributed by atoms with van der Waals surface area (Å²) in [5, 5.41) is 12.5. The van der Waals surface area contributed by atoms with Gasteiger partial charge in [0.25, 0.3) is 0 Å². The summed E-state index contributed by atoms with van der Waals surface area (Å²) in [6.07, 6.45) is 0. The van der Waals surface area contributed by atoms with E-state index in [1.165, 1.54) is 5.56 Å². The lowest BCUT2D eigenvalue weighted by atomic mass is 9.99. The maximum absolute atomic E-state index is 11.6. The quantitative estimate of drug-likeness (QED) is 0.844. The zero-order chi connectivity index (χ0) is 16.1. The number of ether oxygens (including phenoxy) is 1. The molecule has 0 aliphatic carbocycles. The lowest BCUT2D eigenvalue weighted by Gasteiger charge is -2.17. The first-order valence-electron chi connectivity index (χ1n) is 7.24. The number of carbonyl (C=O) groups is 1. The van der Waals surface area contributed by atoms with Crippen molar-refractivity contribution in [1.82, 2.24) is 0 Å². The average Bonchev–Trinajstić information content (AvgIpc) is 2.53. The van der Waals surface area contributed by atoms with E-state index in [4.69, 9.17) is 4.74 Å². The first-order chi connectivity index (χ1) is 10.5. The van der Waals surface area contributed by atoms with Gasteiger partial charge in [-0.05, 0) is 41.3 Å². The molecule has 0 radical (unpaired) electrons. The third-order valence-electron chi connectivity index (χ3n) is 3.58. The zero-order valence-corrected chi connectivity index (χ0v) is 13.0.